The number of ether oxygens (including phenoxy) is 1. The molecule has 0 saturated carbocycles. The Kier molecular flexibility index (Phi) is 6.55. The van der Waals surface area contributed by atoms with Gasteiger partial charge in [0, 0.05) is 37.8 Å². The second-order valence-electron chi connectivity index (χ2n) is 7.91. The Balaban J connectivity index is 1.25. The largest absolute Gasteiger partial charge is 0.494 e. The molecule has 0 unspecified atom stereocenters. The molecule has 0 atom stereocenters. The average Bonchev–Trinajstić information content (AvgIpc) is 3.55. The number of carbonyl (C=O) groups excluding carboxylic acids is 1. The highest BCUT2D eigenvalue weighted by Gasteiger charge is 2.26. The molecule has 0 aliphatic carbocycles. The first-order valence-corrected chi connectivity index (χ1v) is 12.9. The molecule has 174 valence electrons. The van der Waals surface area contributed by atoms with Crippen LogP contribution >= 0.6 is 22.7 Å². The van der Waals surface area contributed by atoms with E-state index in [4.69, 9.17) is 4.74 Å². The molecular weight excluding hydrogens is 466 g/mol. The van der Waals surface area contributed by atoms with Crippen molar-refractivity contribution in [3.63, 3.8) is 0 Å². The number of carbonyl (C=O) groups is 1. The Labute approximate surface area is 206 Å². The third-order valence-electron chi connectivity index (χ3n) is 5.73. The fourth-order valence-corrected chi connectivity index (χ4v) is 5.78. The number of thiophene rings is 1. The normalized spacial score (nSPS) is 13.8. The van der Waals surface area contributed by atoms with E-state index in [1.807, 2.05) is 66.6 Å². The third-order valence-corrected chi connectivity index (χ3v) is 7.91. The number of piperazine rings is 1. The van der Waals surface area contributed by atoms with Crippen LogP contribution in [0.3, 0.4) is 0 Å². The molecule has 1 amide bonds. The number of benzene rings is 1. The zero-order valence-corrected chi connectivity index (χ0v) is 20.7. The number of aryl methyl sites for hydroxylation is 1. The number of thiazole rings is 1. The summed E-state index contributed by atoms with van der Waals surface area (Å²) in [5.74, 6) is 1.79. The number of nitrogens with zero attached hydrogens (tertiary/aromatic N) is 5. The molecule has 34 heavy (non-hydrogen) atoms. The first-order valence-electron chi connectivity index (χ1n) is 11.2. The number of aromatic nitrogens is 3. The number of rotatable bonds is 6. The van der Waals surface area contributed by atoms with E-state index in [1.165, 1.54) is 11.3 Å². The number of hydrogen-bond acceptors (Lipinski definition) is 8. The summed E-state index contributed by atoms with van der Waals surface area (Å²) in [6.45, 7) is 7.27. The van der Waals surface area contributed by atoms with E-state index in [0.29, 0.717) is 19.7 Å². The SMILES string of the molecule is CCOc1ccc(-c2cc(N3CCN(C(=O)c4sc(-c5cccs5)nc4C)CC3)ncn2)cc1. The highest BCUT2D eigenvalue weighted by molar-refractivity contribution is 7.22. The molecule has 0 bridgehead atoms. The van der Waals surface area contributed by atoms with Gasteiger partial charge < -0.3 is 14.5 Å². The lowest BCUT2D eigenvalue weighted by Gasteiger charge is -2.35. The summed E-state index contributed by atoms with van der Waals surface area (Å²) in [6, 6.07) is 14.0. The Morgan fingerprint density at radius 3 is 2.59 bits per heavy atom. The first kappa shape index (κ1) is 22.5. The molecule has 4 aromatic rings. The molecule has 0 radical (unpaired) electrons. The molecular formula is C25H25N5O2S2. The second kappa shape index (κ2) is 9.90. The highest BCUT2D eigenvalue weighted by Crippen LogP contribution is 2.32. The van der Waals surface area contributed by atoms with Gasteiger partial charge in [-0.2, -0.15) is 0 Å². The Morgan fingerprint density at radius 2 is 1.88 bits per heavy atom. The number of anilines is 1. The van der Waals surface area contributed by atoms with Crippen molar-refractivity contribution in [2.45, 2.75) is 13.8 Å². The monoisotopic (exact) mass is 491 g/mol. The Hall–Kier alpha value is -3.30. The zero-order valence-electron chi connectivity index (χ0n) is 19.1. The van der Waals surface area contributed by atoms with Crippen LogP contribution < -0.4 is 9.64 Å². The molecule has 1 aliphatic rings. The van der Waals surface area contributed by atoms with Crippen molar-refractivity contribution < 1.29 is 9.53 Å². The fourth-order valence-electron chi connectivity index (χ4n) is 3.95. The van der Waals surface area contributed by atoms with Crippen molar-refractivity contribution in [1.29, 1.82) is 0 Å². The minimum Gasteiger partial charge on any atom is -0.494 e. The van der Waals surface area contributed by atoms with Crippen LogP contribution in [-0.2, 0) is 0 Å². The topological polar surface area (TPSA) is 71.5 Å². The Morgan fingerprint density at radius 1 is 1.09 bits per heavy atom. The van der Waals surface area contributed by atoms with Crippen LogP contribution in [0, 0.1) is 6.92 Å². The van der Waals surface area contributed by atoms with Crippen molar-refractivity contribution in [3.8, 4) is 26.9 Å². The van der Waals surface area contributed by atoms with E-state index in [1.54, 1.807) is 17.7 Å². The lowest BCUT2D eigenvalue weighted by atomic mass is 10.1. The summed E-state index contributed by atoms with van der Waals surface area (Å²) in [7, 11) is 0. The van der Waals surface area contributed by atoms with Gasteiger partial charge in [0.15, 0.2) is 0 Å². The highest BCUT2D eigenvalue weighted by atomic mass is 32.1. The predicted octanol–water partition coefficient (Wildman–Crippen LogP) is 5.00. The smallest absolute Gasteiger partial charge is 0.265 e. The van der Waals surface area contributed by atoms with Gasteiger partial charge in [0.2, 0.25) is 0 Å². The molecule has 9 heteroatoms. The zero-order chi connectivity index (χ0) is 23.5. The van der Waals surface area contributed by atoms with E-state index >= 15 is 0 Å². The molecule has 3 aromatic heterocycles. The molecule has 0 spiro atoms. The van der Waals surface area contributed by atoms with E-state index in [0.717, 1.165) is 56.4 Å². The minimum atomic E-state index is 0.0650. The van der Waals surface area contributed by atoms with Gasteiger partial charge in [-0.05, 0) is 49.6 Å². The standard InChI is InChI=1S/C25H25N5O2S2/c1-3-32-19-8-6-18(7-9-19)20-15-22(27-16-26-20)29-10-12-30(13-11-29)25(31)23-17(2)28-24(34-23)21-5-4-14-33-21/h4-9,14-16H,3,10-13H2,1-2H3. The van der Waals surface area contributed by atoms with Gasteiger partial charge in [-0.15, -0.1) is 22.7 Å². The van der Waals surface area contributed by atoms with Gasteiger partial charge in [-0.3, -0.25) is 4.79 Å². The molecule has 1 aliphatic heterocycles. The van der Waals surface area contributed by atoms with Gasteiger partial charge in [0.1, 0.15) is 27.8 Å². The molecule has 0 N–H and O–H groups in total. The van der Waals surface area contributed by atoms with E-state index < -0.39 is 0 Å². The molecule has 1 aromatic carbocycles. The van der Waals surface area contributed by atoms with Crippen molar-refractivity contribution in [2.24, 2.45) is 0 Å². The summed E-state index contributed by atoms with van der Waals surface area (Å²) >= 11 is 3.13. The van der Waals surface area contributed by atoms with Crippen LogP contribution in [0.25, 0.3) is 21.1 Å². The lowest BCUT2D eigenvalue weighted by molar-refractivity contribution is 0.0750. The van der Waals surface area contributed by atoms with E-state index in [2.05, 4.69) is 19.9 Å². The maximum atomic E-state index is 13.2. The van der Waals surface area contributed by atoms with E-state index in [9.17, 15) is 4.79 Å². The van der Waals surface area contributed by atoms with Gasteiger partial charge in [-0.1, -0.05) is 6.07 Å². The summed E-state index contributed by atoms with van der Waals surface area (Å²) in [5, 5.41) is 2.94. The fraction of sp³-hybridized carbons (Fsp3) is 0.280. The maximum absolute atomic E-state index is 13.2. The minimum absolute atomic E-state index is 0.0650. The molecule has 7 nitrogen and oxygen atoms in total. The summed E-state index contributed by atoms with van der Waals surface area (Å²) < 4.78 is 5.53. The van der Waals surface area contributed by atoms with Crippen LogP contribution in [-0.4, -0.2) is 58.5 Å². The quantitative estimate of drug-likeness (QED) is 0.378. The molecule has 1 saturated heterocycles. The van der Waals surface area contributed by atoms with E-state index in [-0.39, 0.29) is 5.91 Å². The van der Waals surface area contributed by atoms with Crippen molar-refractivity contribution >= 4 is 34.4 Å². The van der Waals surface area contributed by atoms with Crippen LogP contribution in [0.4, 0.5) is 5.82 Å². The van der Waals surface area contributed by atoms with Gasteiger partial charge in [0.05, 0.1) is 22.9 Å². The first-order chi connectivity index (χ1) is 16.6. The average molecular weight is 492 g/mol. The van der Waals surface area contributed by atoms with Gasteiger partial charge in [-0.25, -0.2) is 15.0 Å². The summed E-state index contributed by atoms with van der Waals surface area (Å²) in [6.07, 6.45) is 1.60. The molecule has 5 rings (SSSR count). The summed E-state index contributed by atoms with van der Waals surface area (Å²) in [5.41, 5.74) is 2.69. The number of amides is 1. The predicted molar refractivity (Wildman–Crippen MR) is 137 cm³/mol. The maximum Gasteiger partial charge on any atom is 0.265 e. The van der Waals surface area contributed by atoms with Crippen LogP contribution in [0.15, 0.2) is 54.2 Å². The van der Waals surface area contributed by atoms with Crippen molar-refractivity contribution in [2.75, 3.05) is 37.7 Å². The van der Waals surface area contributed by atoms with Crippen LogP contribution in [0.5, 0.6) is 5.75 Å². The third kappa shape index (κ3) is 4.67. The van der Waals surface area contributed by atoms with Crippen molar-refractivity contribution in [3.05, 3.63) is 64.7 Å². The molecule has 1 fully saturated rings. The lowest BCUT2D eigenvalue weighted by Crippen LogP contribution is -2.49. The van der Waals surface area contributed by atoms with Crippen LogP contribution in [0.2, 0.25) is 0 Å². The van der Waals surface area contributed by atoms with Crippen molar-refractivity contribution in [1.82, 2.24) is 19.9 Å². The Bertz CT molecular complexity index is 1260. The molecule has 4 heterocycles. The summed E-state index contributed by atoms with van der Waals surface area (Å²) in [4.78, 5) is 32.7. The second-order valence-corrected chi connectivity index (χ2v) is 9.86. The van der Waals surface area contributed by atoms with Gasteiger partial charge >= 0.3 is 0 Å². The van der Waals surface area contributed by atoms with Crippen LogP contribution in [0.1, 0.15) is 22.3 Å². The van der Waals surface area contributed by atoms with Gasteiger partial charge in [0.25, 0.3) is 5.91 Å². The number of hydrogen-bond donors (Lipinski definition) is 0.